The van der Waals surface area contributed by atoms with E-state index < -0.39 is 19.4 Å². The van der Waals surface area contributed by atoms with Gasteiger partial charge in [-0.2, -0.15) is 0 Å². The molecule has 0 spiro atoms. The normalized spacial score (nSPS) is 12.9. The van der Waals surface area contributed by atoms with E-state index in [-0.39, 0.29) is 6.42 Å². The topological polar surface area (TPSA) is 83.8 Å². The average Bonchev–Trinajstić information content (AvgIpc) is 2.38. The number of carbonyl (C=O) groups excluding carboxylic acids is 1. The van der Waals surface area contributed by atoms with E-state index in [1.54, 1.807) is 0 Å². The zero-order valence-corrected chi connectivity index (χ0v) is 13.2. The van der Waals surface area contributed by atoms with Crippen LogP contribution in [0.1, 0.15) is 64.7 Å². The first-order chi connectivity index (χ1) is 9.41. The Kier molecular flexibility index (Phi) is 10.7. The zero-order valence-electron chi connectivity index (χ0n) is 12.3. The van der Waals surface area contributed by atoms with Crippen molar-refractivity contribution >= 4 is 13.6 Å². The summed E-state index contributed by atoms with van der Waals surface area (Å²) < 4.78 is 15.9. The standard InChI is InChI=1S/C14H27O5P/c1-3-5-6-7-8-9-10-11-12-14(20(16,17)18)19-13(15)4-2/h4,14H,2-3,5-12H2,1H3,(H2,16,17,18). The maximum absolute atomic E-state index is 11.2. The molecule has 0 rings (SSSR count). The molecule has 0 fully saturated rings. The Bertz CT molecular complexity index is 324. The molecule has 0 heterocycles. The number of rotatable bonds is 12. The number of hydrogen-bond donors (Lipinski definition) is 2. The molecule has 0 saturated carbocycles. The highest BCUT2D eigenvalue weighted by Crippen LogP contribution is 2.44. The number of esters is 1. The highest BCUT2D eigenvalue weighted by Gasteiger charge is 2.31. The van der Waals surface area contributed by atoms with Gasteiger partial charge in [0.25, 0.3) is 0 Å². The first kappa shape index (κ1) is 19.4. The molecule has 0 aromatic heterocycles. The molecule has 1 atom stereocenters. The summed E-state index contributed by atoms with van der Waals surface area (Å²) in [4.78, 5) is 29.3. The molecule has 20 heavy (non-hydrogen) atoms. The number of carbonyl (C=O) groups is 1. The summed E-state index contributed by atoms with van der Waals surface area (Å²) in [7, 11) is -4.40. The third-order valence-electron chi connectivity index (χ3n) is 3.10. The van der Waals surface area contributed by atoms with Gasteiger partial charge in [0.1, 0.15) is 0 Å². The fourth-order valence-corrected chi connectivity index (χ4v) is 2.69. The summed E-state index contributed by atoms with van der Waals surface area (Å²) in [6.45, 7) is 5.39. The van der Waals surface area contributed by atoms with Gasteiger partial charge in [0.05, 0.1) is 0 Å². The SMILES string of the molecule is C=CC(=O)OC(CCCCCCCCCC)P(=O)(O)O. The van der Waals surface area contributed by atoms with Crippen molar-refractivity contribution in [2.24, 2.45) is 0 Å². The Hall–Kier alpha value is -0.640. The van der Waals surface area contributed by atoms with Gasteiger partial charge in [-0.05, 0) is 12.8 Å². The van der Waals surface area contributed by atoms with E-state index in [2.05, 4.69) is 13.5 Å². The van der Waals surface area contributed by atoms with Gasteiger partial charge < -0.3 is 14.5 Å². The van der Waals surface area contributed by atoms with Gasteiger partial charge in [-0.15, -0.1) is 0 Å². The third kappa shape index (κ3) is 10.2. The van der Waals surface area contributed by atoms with Crippen LogP contribution in [-0.2, 0) is 14.1 Å². The summed E-state index contributed by atoms with van der Waals surface area (Å²) in [5, 5.41) is 0. The van der Waals surface area contributed by atoms with E-state index in [0.29, 0.717) is 6.42 Å². The van der Waals surface area contributed by atoms with Gasteiger partial charge in [0.15, 0.2) is 0 Å². The first-order valence-electron chi connectivity index (χ1n) is 7.30. The molecule has 0 aliphatic carbocycles. The zero-order chi connectivity index (χ0) is 15.4. The molecule has 5 nitrogen and oxygen atoms in total. The van der Waals surface area contributed by atoms with Crippen LogP contribution in [0.5, 0.6) is 0 Å². The lowest BCUT2D eigenvalue weighted by Crippen LogP contribution is -2.17. The van der Waals surface area contributed by atoms with Crippen LogP contribution in [0.2, 0.25) is 0 Å². The number of unbranched alkanes of at least 4 members (excludes halogenated alkanes) is 7. The minimum absolute atomic E-state index is 0.193. The lowest BCUT2D eigenvalue weighted by molar-refractivity contribution is -0.140. The molecule has 118 valence electrons. The van der Waals surface area contributed by atoms with Crippen molar-refractivity contribution in [1.29, 1.82) is 0 Å². The average molecular weight is 306 g/mol. The number of hydrogen-bond acceptors (Lipinski definition) is 3. The smallest absolute Gasteiger partial charge is 0.365 e. The summed E-state index contributed by atoms with van der Waals surface area (Å²) >= 11 is 0. The largest absolute Gasteiger partial charge is 0.446 e. The van der Waals surface area contributed by atoms with Crippen LogP contribution in [0.15, 0.2) is 12.7 Å². The number of ether oxygens (including phenoxy) is 1. The van der Waals surface area contributed by atoms with Crippen molar-refractivity contribution in [1.82, 2.24) is 0 Å². The second-order valence-corrected chi connectivity index (χ2v) is 6.70. The van der Waals surface area contributed by atoms with E-state index in [1.807, 2.05) is 0 Å². The van der Waals surface area contributed by atoms with Gasteiger partial charge in [-0.3, -0.25) is 4.57 Å². The van der Waals surface area contributed by atoms with E-state index in [1.165, 1.54) is 25.7 Å². The van der Waals surface area contributed by atoms with Gasteiger partial charge >= 0.3 is 13.6 Å². The Labute approximate surface area is 121 Å². The molecule has 0 amide bonds. The summed E-state index contributed by atoms with van der Waals surface area (Å²) in [5.41, 5.74) is 0. The molecular weight excluding hydrogens is 279 g/mol. The quantitative estimate of drug-likeness (QED) is 0.248. The molecule has 1 unspecified atom stereocenters. The van der Waals surface area contributed by atoms with Crippen molar-refractivity contribution in [2.45, 2.75) is 70.6 Å². The van der Waals surface area contributed by atoms with Crippen LogP contribution in [0.25, 0.3) is 0 Å². The Morgan fingerprint density at radius 2 is 1.65 bits per heavy atom. The van der Waals surface area contributed by atoms with Gasteiger partial charge in [0, 0.05) is 6.08 Å². The molecule has 0 aromatic carbocycles. The highest BCUT2D eigenvalue weighted by atomic mass is 31.2. The van der Waals surface area contributed by atoms with Crippen LogP contribution < -0.4 is 0 Å². The minimum atomic E-state index is -4.40. The van der Waals surface area contributed by atoms with Crippen LogP contribution in [0, 0.1) is 0 Å². The Morgan fingerprint density at radius 3 is 2.10 bits per heavy atom. The lowest BCUT2D eigenvalue weighted by atomic mass is 10.1. The fraction of sp³-hybridized carbons (Fsp3) is 0.786. The van der Waals surface area contributed by atoms with Crippen LogP contribution in [0.4, 0.5) is 0 Å². The van der Waals surface area contributed by atoms with Crippen LogP contribution in [0.3, 0.4) is 0 Å². The van der Waals surface area contributed by atoms with Crippen LogP contribution >= 0.6 is 7.60 Å². The predicted molar refractivity (Wildman–Crippen MR) is 79.3 cm³/mol. The first-order valence-corrected chi connectivity index (χ1v) is 8.98. The molecule has 0 aliphatic heterocycles. The molecule has 0 aromatic rings. The van der Waals surface area contributed by atoms with Gasteiger partial charge in [-0.25, -0.2) is 4.79 Å². The van der Waals surface area contributed by atoms with E-state index >= 15 is 0 Å². The second kappa shape index (κ2) is 11.1. The fourth-order valence-electron chi connectivity index (χ4n) is 1.93. The second-order valence-electron chi connectivity index (χ2n) is 4.95. The molecule has 0 aliphatic rings. The maximum Gasteiger partial charge on any atom is 0.365 e. The molecule has 2 N–H and O–H groups in total. The van der Waals surface area contributed by atoms with Crippen molar-refractivity contribution in [3.8, 4) is 0 Å². The van der Waals surface area contributed by atoms with Crippen molar-refractivity contribution in [3.05, 3.63) is 12.7 Å². The molecule has 6 heteroatoms. The monoisotopic (exact) mass is 306 g/mol. The van der Waals surface area contributed by atoms with Crippen LogP contribution in [-0.4, -0.2) is 21.6 Å². The highest BCUT2D eigenvalue weighted by molar-refractivity contribution is 7.52. The predicted octanol–water partition coefficient (Wildman–Crippen LogP) is 3.75. The molecule has 0 saturated heterocycles. The van der Waals surface area contributed by atoms with Crippen molar-refractivity contribution in [2.75, 3.05) is 0 Å². The lowest BCUT2D eigenvalue weighted by Gasteiger charge is -2.18. The Morgan fingerprint density at radius 1 is 1.15 bits per heavy atom. The van der Waals surface area contributed by atoms with Crippen molar-refractivity contribution in [3.63, 3.8) is 0 Å². The molecule has 0 bridgehead atoms. The molecular formula is C14H27O5P. The summed E-state index contributed by atoms with van der Waals surface area (Å²) in [6.07, 6.45) is 9.79. The maximum atomic E-state index is 11.2. The summed E-state index contributed by atoms with van der Waals surface area (Å²) in [6, 6.07) is 0. The summed E-state index contributed by atoms with van der Waals surface area (Å²) in [5.74, 6) is -2.13. The Balaban J connectivity index is 3.83. The van der Waals surface area contributed by atoms with Gasteiger partial charge in [-0.1, -0.05) is 58.4 Å². The third-order valence-corrected chi connectivity index (χ3v) is 4.21. The van der Waals surface area contributed by atoms with E-state index in [4.69, 9.17) is 14.5 Å². The minimum Gasteiger partial charge on any atom is -0.446 e. The molecule has 0 radical (unpaired) electrons. The van der Waals surface area contributed by atoms with E-state index in [9.17, 15) is 9.36 Å². The van der Waals surface area contributed by atoms with Gasteiger partial charge in [0.2, 0.25) is 5.85 Å². The van der Waals surface area contributed by atoms with E-state index in [0.717, 1.165) is 25.3 Å². The van der Waals surface area contributed by atoms with Crippen molar-refractivity contribution < 1.29 is 23.9 Å².